The highest BCUT2D eigenvalue weighted by Gasteiger charge is 2.32. The lowest BCUT2D eigenvalue weighted by Gasteiger charge is -2.39. The molecule has 0 saturated heterocycles. The summed E-state index contributed by atoms with van der Waals surface area (Å²) >= 11 is 0. The molecule has 1 aromatic carbocycles. The topological polar surface area (TPSA) is 55.2 Å². The zero-order valence-corrected chi connectivity index (χ0v) is 12.1. The predicted molar refractivity (Wildman–Crippen MR) is 79.8 cm³/mol. The lowest BCUT2D eigenvalue weighted by molar-refractivity contribution is -0.384. The van der Waals surface area contributed by atoms with Gasteiger partial charge in [-0.25, -0.2) is 4.39 Å². The van der Waals surface area contributed by atoms with E-state index >= 15 is 0 Å². The van der Waals surface area contributed by atoms with Crippen molar-refractivity contribution in [3.8, 4) is 0 Å². The van der Waals surface area contributed by atoms with Crippen LogP contribution in [0.25, 0.3) is 0 Å². The summed E-state index contributed by atoms with van der Waals surface area (Å²) in [6.07, 6.45) is 8.55. The molecule has 0 bridgehead atoms. The molecule has 0 aliphatic heterocycles. The van der Waals surface area contributed by atoms with Crippen molar-refractivity contribution in [1.29, 1.82) is 0 Å². The smallest absolute Gasteiger partial charge is 0.271 e. The zero-order valence-electron chi connectivity index (χ0n) is 12.1. The first-order chi connectivity index (χ1) is 10.1. The van der Waals surface area contributed by atoms with Gasteiger partial charge in [-0.2, -0.15) is 0 Å². The van der Waals surface area contributed by atoms with Crippen molar-refractivity contribution in [2.24, 2.45) is 11.8 Å². The average Bonchev–Trinajstić information content (AvgIpc) is 2.49. The standard InChI is InChI=1S/C16H21FN2O2/c17-15-8-7-14(19(20)21)10-16(15)18-13-6-5-11-3-1-2-4-12(11)9-13/h7-8,10-13,18H,1-6,9H2. The van der Waals surface area contributed by atoms with E-state index in [0.717, 1.165) is 24.7 Å². The number of nitro groups is 1. The third-order valence-electron chi connectivity index (χ3n) is 5.06. The van der Waals surface area contributed by atoms with Gasteiger partial charge in [0.25, 0.3) is 5.69 Å². The van der Waals surface area contributed by atoms with Crippen LogP contribution in [-0.2, 0) is 0 Å². The molecule has 21 heavy (non-hydrogen) atoms. The van der Waals surface area contributed by atoms with Crippen molar-refractivity contribution in [3.63, 3.8) is 0 Å². The van der Waals surface area contributed by atoms with Gasteiger partial charge in [0.2, 0.25) is 0 Å². The molecule has 114 valence electrons. The second-order valence-electron chi connectivity index (χ2n) is 6.38. The Balaban J connectivity index is 1.69. The normalized spacial score (nSPS) is 28.7. The molecular weight excluding hydrogens is 271 g/mol. The number of hydrogen-bond acceptors (Lipinski definition) is 3. The van der Waals surface area contributed by atoms with Gasteiger partial charge < -0.3 is 5.32 Å². The molecule has 0 amide bonds. The van der Waals surface area contributed by atoms with Crippen LogP contribution in [0.1, 0.15) is 44.9 Å². The monoisotopic (exact) mass is 292 g/mol. The summed E-state index contributed by atoms with van der Waals surface area (Å²) in [4.78, 5) is 10.3. The maximum Gasteiger partial charge on any atom is 0.271 e. The molecule has 0 heterocycles. The first kappa shape index (κ1) is 14.3. The molecule has 2 aliphatic rings. The summed E-state index contributed by atoms with van der Waals surface area (Å²) in [5, 5.41) is 14.0. The number of nitro benzene ring substituents is 1. The van der Waals surface area contributed by atoms with Gasteiger partial charge in [0, 0.05) is 18.2 Å². The van der Waals surface area contributed by atoms with E-state index in [-0.39, 0.29) is 17.4 Å². The number of non-ortho nitro benzene ring substituents is 1. The fraction of sp³-hybridized carbons (Fsp3) is 0.625. The fourth-order valence-corrected chi connectivity index (χ4v) is 3.96. The van der Waals surface area contributed by atoms with Crippen molar-refractivity contribution in [2.45, 2.75) is 51.0 Å². The molecule has 1 N–H and O–H groups in total. The molecule has 3 atom stereocenters. The first-order valence-corrected chi connectivity index (χ1v) is 7.84. The van der Waals surface area contributed by atoms with E-state index < -0.39 is 10.7 Å². The van der Waals surface area contributed by atoms with Gasteiger partial charge in [-0.15, -0.1) is 0 Å². The van der Waals surface area contributed by atoms with Crippen molar-refractivity contribution in [3.05, 3.63) is 34.1 Å². The van der Waals surface area contributed by atoms with Crippen molar-refractivity contribution >= 4 is 11.4 Å². The molecule has 0 spiro atoms. The molecule has 1 aromatic rings. The second kappa shape index (κ2) is 6.00. The fourth-order valence-electron chi connectivity index (χ4n) is 3.96. The van der Waals surface area contributed by atoms with E-state index in [0.29, 0.717) is 0 Å². The highest BCUT2D eigenvalue weighted by atomic mass is 19.1. The van der Waals surface area contributed by atoms with E-state index in [1.54, 1.807) is 0 Å². The minimum Gasteiger partial charge on any atom is -0.380 e. The molecule has 5 heteroatoms. The minimum atomic E-state index is -0.483. The summed E-state index contributed by atoms with van der Waals surface area (Å²) < 4.78 is 13.8. The minimum absolute atomic E-state index is 0.0646. The Morgan fingerprint density at radius 1 is 1.14 bits per heavy atom. The predicted octanol–water partition coefficient (Wildman–Crippen LogP) is 4.50. The van der Waals surface area contributed by atoms with Crippen LogP contribution >= 0.6 is 0 Å². The molecule has 3 rings (SSSR count). The number of benzene rings is 1. The quantitative estimate of drug-likeness (QED) is 0.659. The average molecular weight is 292 g/mol. The van der Waals surface area contributed by atoms with Crippen molar-refractivity contribution in [2.75, 3.05) is 5.32 Å². The number of nitrogens with zero attached hydrogens (tertiary/aromatic N) is 1. The summed E-state index contributed by atoms with van der Waals surface area (Å²) in [5.74, 6) is 1.17. The van der Waals surface area contributed by atoms with Crippen LogP contribution in [0.4, 0.5) is 15.8 Å². The Morgan fingerprint density at radius 2 is 1.90 bits per heavy atom. The van der Waals surface area contributed by atoms with Crippen LogP contribution in [0.3, 0.4) is 0 Å². The largest absolute Gasteiger partial charge is 0.380 e. The van der Waals surface area contributed by atoms with Gasteiger partial charge in [-0.05, 0) is 37.2 Å². The molecule has 2 fully saturated rings. The van der Waals surface area contributed by atoms with Gasteiger partial charge in [-0.3, -0.25) is 10.1 Å². The number of hydrogen-bond donors (Lipinski definition) is 1. The van der Waals surface area contributed by atoms with E-state index in [9.17, 15) is 14.5 Å². The Morgan fingerprint density at radius 3 is 2.67 bits per heavy atom. The molecule has 2 saturated carbocycles. The Kier molecular flexibility index (Phi) is 4.08. The Bertz CT molecular complexity index is 535. The third kappa shape index (κ3) is 3.17. The first-order valence-electron chi connectivity index (χ1n) is 7.84. The van der Waals surface area contributed by atoms with Gasteiger partial charge in [0.15, 0.2) is 0 Å². The van der Waals surface area contributed by atoms with Crippen molar-refractivity contribution in [1.82, 2.24) is 0 Å². The molecule has 4 nitrogen and oxygen atoms in total. The Hall–Kier alpha value is -1.65. The van der Waals surface area contributed by atoms with Crippen LogP contribution in [0.15, 0.2) is 18.2 Å². The van der Waals surface area contributed by atoms with E-state index in [2.05, 4.69) is 5.32 Å². The summed E-state index contributed by atoms with van der Waals surface area (Å²) in [6.45, 7) is 0. The maximum atomic E-state index is 13.8. The maximum absolute atomic E-state index is 13.8. The van der Waals surface area contributed by atoms with Crippen LogP contribution < -0.4 is 5.32 Å². The number of fused-ring (bicyclic) bond motifs is 1. The Labute approximate surface area is 123 Å². The van der Waals surface area contributed by atoms with Crippen LogP contribution in [0.2, 0.25) is 0 Å². The lowest BCUT2D eigenvalue weighted by Crippen LogP contribution is -2.34. The number of rotatable bonds is 3. The van der Waals surface area contributed by atoms with Crippen LogP contribution in [-0.4, -0.2) is 11.0 Å². The molecule has 0 aromatic heterocycles. The second-order valence-corrected chi connectivity index (χ2v) is 6.38. The van der Waals surface area contributed by atoms with Crippen LogP contribution in [0, 0.1) is 27.8 Å². The lowest BCUT2D eigenvalue weighted by atomic mass is 9.69. The molecule has 3 unspecified atom stereocenters. The SMILES string of the molecule is O=[N+]([O-])c1ccc(F)c(NC2CCC3CCCCC3C2)c1. The number of anilines is 1. The van der Waals surface area contributed by atoms with Gasteiger partial charge >= 0.3 is 0 Å². The molecule has 0 radical (unpaired) electrons. The van der Waals surface area contributed by atoms with E-state index in [1.165, 1.54) is 50.3 Å². The number of nitrogens with one attached hydrogen (secondary N) is 1. The highest BCUT2D eigenvalue weighted by molar-refractivity contribution is 5.52. The van der Waals surface area contributed by atoms with Gasteiger partial charge in [0.05, 0.1) is 10.6 Å². The van der Waals surface area contributed by atoms with Gasteiger partial charge in [-0.1, -0.05) is 25.7 Å². The van der Waals surface area contributed by atoms with Gasteiger partial charge in [0.1, 0.15) is 5.82 Å². The summed E-state index contributed by atoms with van der Waals surface area (Å²) in [6, 6.07) is 3.92. The molecule has 2 aliphatic carbocycles. The van der Waals surface area contributed by atoms with Crippen LogP contribution in [0.5, 0.6) is 0 Å². The van der Waals surface area contributed by atoms with E-state index in [4.69, 9.17) is 0 Å². The van der Waals surface area contributed by atoms with Crippen molar-refractivity contribution < 1.29 is 9.31 Å². The zero-order chi connectivity index (χ0) is 14.8. The summed E-state index contributed by atoms with van der Waals surface area (Å²) in [5.41, 5.74) is 0.203. The highest BCUT2D eigenvalue weighted by Crippen LogP contribution is 2.41. The summed E-state index contributed by atoms with van der Waals surface area (Å²) in [7, 11) is 0. The third-order valence-corrected chi connectivity index (χ3v) is 5.06. The number of halogens is 1. The van der Waals surface area contributed by atoms with E-state index in [1.807, 2.05) is 0 Å². The molecular formula is C16H21FN2O2.